The third-order valence-electron chi connectivity index (χ3n) is 4.58. The maximum absolute atomic E-state index is 12.8. The van der Waals surface area contributed by atoms with Gasteiger partial charge in [-0.15, -0.1) is 0 Å². The van der Waals surface area contributed by atoms with Crippen molar-refractivity contribution in [3.63, 3.8) is 0 Å². The van der Waals surface area contributed by atoms with Gasteiger partial charge in [-0.2, -0.15) is 13.2 Å². The molecule has 9 heteroatoms. The molecule has 1 fully saturated rings. The average Bonchev–Trinajstić information content (AvgIpc) is 3.01. The molecule has 1 heterocycles. The lowest BCUT2D eigenvalue weighted by molar-refractivity contribution is -0.137. The molecule has 0 saturated carbocycles. The zero-order chi connectivity index (χ0) is 20.5. The minimum atomic E-state index is -4.63. The van der Waals surface area contributed by atoms with Gasteiger partial charge >= 0.3 is 6.18 Å². The van der Waals surface area contributed by atoms with Crippen molar-refractivity contribution < 1.29 is 26.4 Å². The summed E-state index contributed by atoms with van der Waals surface area (Å²) in [6.45, 7) is 2.24. The predicted octanol–water partition coefficient (Wildman–Crippen LogP) is 3.35. The molecule has 150 valence electrons. The van der Waals surface area contributed by atoms with E-state index in [1.807, 2.05) is 31.2 Å². The third-order valence-corrected chi connectivity index (χ3v) is 6.01. The molecule has 1 N–H and O–H groups in total. The zero-order valence-corrected chi connectivity index (χ0v) is 15.8. The lowest BCUT2D eigenvalue weighted by atomic mass is 10.1. The fourth-order valence-corrected chi connectivity index (χ4v) is 4.20. The number of nitrogens with one attached hydrogen (secondary N) is 1. The van der Waals surface area contributed by atoms with Crippen LogP contribution in [0.25, 0.3) is 0 Å². The number of alkyl halides is 3. The van der Waals surface area contributed by atoms with Crippen LogP contribution in [0, 0.1) is 12.8 Å². The Morgan fingerprint density at radius 1 is 1.14 bits per heavy atom. The van der Waals surface area contributed by atoms with Crippen molar-refractivity contribution in [3.05, 3.63) is 59.7 Å². The normalized spacial score (nSPS) is 17.9. The summed E-state index contributed by atoms with van der Waals surface area (Å²) in [5, 5.41) is 0. The maximum Gasteiger partial charge on any atom is 0.416 e. The van der Waals surface area contributed by atoms with Crippen molar-refractivity contribution in [1.82, 2.24) is 4.72 Å². The maximum atomic E-state index is 12.8. The van der Waals surface area contributed by atoms with Gasteiger partial charge in [-0.25, -0.2) is 13.1 Å². The van der Waals surface area contributed by atoms with Crippen molar-refractivity contribution >= 4 is 21.6 Å². The number of benzene rings is 2. The topological polar surface area (TPSA) is 66.5 Å². The van der Waals surface area contributed by atoms with Gasteiger partial charge in [0.25, 0.3) is 0 Å². The summed E-state index contributed by atoms with van der Waals surface area (Å²) in [6, 6.07) is 11.0. The lowest BCUT2D eigenvalue weighted by Gasteiger charge is -2.17. The highest BCUT2D eigenvalue weighted by Crippen LogP contribution is 2.30. The number of hydrogen-bond donors (Lipinski definition) is 1. The molecule has 2 aromatic carbocycles. The highest BCUT2D eigenvalue weighted by Gasteiger charge is 2.33. The number of amides is 1. The molecular formula is C19H19F3N2O3S. The van der Waals surface area contributed by atoms with E-state index in [9.17, 15) is 26.4 Å². The standard InChI is InChI=1S/C19H19F3N2O3S/c1-13-5-7-16(8-6-13)24-12-14(9-18(24)25)11-23-28(26,27)17-4-2-3-15(10-17)19(20,21)22/h2-8,10,14,23H,9,11-12H2,1H3/t14-/m0/s1. The Bertz CT molecular complexity index is 973. The van der Waals surface area contributed by atoms with Crippen molar-refractivity contribution in [2.24, 2.45) is 5.92 Å². The molecule has 1 amide bonds. The van der Waals surface area contributed by atoms with Gasteiger partial charge in [-0.3, -0.25) is 4.79 Å². The fourth-order valence-electron chi connectivity index (χ4n) is 3.04. The average molecular weight is 412 g/mol. The Morgan fingerprint density at radius 3 is 2.46 bits per heavy atom. The number of anilines is 1. The van der Waals surface area contributed by atoms with Gasteiger partial charge in [0.15, 0.2) is 0 Å². The van der Waals surface area contributed by atoms with E-state index in [0.29, 0.717) is 12.6 Å². The van der Waals surface area contributed by atoms with Crippen molar-refractivity contribution in [2.75, 3.05) is 18.0 Å². The predicted molar refractivity (Wildman–Crippen MR) is 98.3 cm³/mol. The Morgan fingerprint density at radius 2 is 1.82 bits per heavy atom. The summed E-state index contributed by atoms with van der Waals surface area (Å²) in [5.41, 5.74) is 0.761. The number of halogens is 3. The van der Waals surface area contributed by atoms with Crippen LogP contribution in [0.15, 0.2) is 53.4 Å². The third kappa shape index (κ3) is 4.53. The second kappa shape index (κ2) is 7.56. The lowest BCUT2D eigenvalue weighted by Crippen LogP contribution is -2.31. The zero-order valence-electron chi connectivity index (χ0n) is 15.0. The Kier molecular flexibility index (Phi) is 5.49. The smallest absolute Gasteiger partial charge is 0.312 e. The van der Waals surface area contributed by atoms with E-state index in [4.69, 9.17) is 0 Å². The first-order valence-electron chi connectivity index (χ1n) is 8.60. The summed E-state index contributed by atoms with van der Waals surface area (Å²) in [7, 11) is -4.12. The molecule has 0 aromatic heterocycles. The van der Waals surface area contributed by atoms with Crippen LogP contribution >= 0.6 is 0 Å². The van der Waals surface area contributed by atoms with Crippen LogP contribution in [0.3, 0.4) is 0 Å². The number of rotatable bonds is 5. The number of nitrogens with zero attached hydrogens (tertiary/aromatic N) is 1. The van der Waals surface area contributed by atoms with Crippen molar-refractivity contribution in [3.8, 4) is 0 Å². The minimum absolute atomic E-state index is 0.0350. The summed E-state index contributed by atoms with van der Waals surface area (Å²) in [6.07, 6.45) is -4.46. The first-order chi connectivity index (χ1) is 13.1. The molecule has 28 heavy (non-hydrogen) atoms. The monoisotopic (exact) mass is 412 g/mol. The fraction of sp³-hybridized carbons (Fsp3) is 0.316. The van der Waals surface area contributed by atoms with Crippen molar-refractivity contribution in [1.29, 1.82) is 0 Å². The van der Waals surface area contributed by atoms with Crippen LogP contribution in [0.2, 0.25) is 0 Å². The van der Waals surface area contributed by atoms with Gasteiger partial charge in [0, 0.05) is 25.2 Å². The largest absolute Gasteiger partial charge is 0.416 e. The molecule has 0 aliphatic carbocycles. The van der Waals surface area contributed by atoms with Crippen LogP contribution in [-0.4, -0.2) is 27.4 Å². The Labute approximate surface area is 161 Å². The summed E-state index contributed by atoms with van der Waals surface area (Å²) < 4.78 is 65.5. The number of carbonyl (C=O) groups excluding carboxylic acids is 1. The van der Waals surface area contributed by atoms with Gasteiger partial charge in [0.2, 0.25) is 15.9 Å². The molecule has 5 nitrogen and oxygen atoms in total. The highest BCUT2D eigenvalue weighted by atomic mass is 32.2. The van der Waals surface area contributed by atoms with Crippen LogP contribution < -0.4 is 9.62 Å². The van der Waals surface area contributed by atoms with Gasteiger partial charge in [-0.05, 0) is 43.2 Å². The van der Waals surface area contributed by atoms with Gasteiger partial charge in [0.05, 0.1) is 10.5 Å². The number of carbonyl (C=O) groups is 1. The minimum Gasteiger partial charge on any atom is -0.312 e. The summed E-state index contributed by atoms with van der Waals surface area (Å²) >= 11 is 0. The Hall–Kier alpha value is -2.39. The first-order valence-corrected chi connectivity index (χ1v) is 10.1. The van der Waals surface area contributed by atoms with E-state index in [0.717, 1.165) is 29.4 Å². The molecule has 2 aromatic rings. The molecular weight excluding hydrogens is 393 g/mol. The van der Waals surface area contributed by atoms with Gasteiger partial charge in [0.1, 0.15) is 0 Å². The molecule has 0 unspecified atom stereocenters. The summed E-state index contributed by atoms with van der Waals surface area (Å²) in [5.74, 6) is -0.388. The van der Waals surface area contributed by atoms with Gasteiger partial charge < -0.3 is 4.90 Å². The number of sulfonamides is 1. The molecule has 1 aliphatic heterocycles. The molecule has 1 saturated heterocycles. The van der Waals surface area contributed by atoms with E-state index in [2.05, 4.69) is 4.72 Å². The molecule has 0 spiro atoms. The SMILES string of the molecule is Cc1ccc(N2C[C@H](CNS(=O)(=O)c3cccc(C(F)(F)F)c3)CC2=O)cc1. The highest BCUT2D eigenvalue weighted by molar-refractivity contribution is 7.89. The van der Waals surface area contributed by atoms with E-state index >= 15 is 0 Å². The van der Waals surface area contributed by atoms with Crippen molar-refractivity contribution in [2.45, 2.75) is 24.4 Å². The van der Waals surface area contributed by atoms with Crippen LogP contribution in [0.4, 0.5) is 18.9 Å². The van der Waals surface area contributed by atoms with E-state index in [1.165, 1.54) is 0 Å². The second-order valence-corrected chi connectivity index (χ2v) is 8.55. The van der Waals surface area contributed by atoms with Gasteiger partial charge in [-0.1, -0.05) is 23.8 Å². The summed E-state index contributed by atoms with van der Waals surface area (Å²) in [4.78, 5) is 13.4. The molecule has 3 rings (SSSR count). The Balaban J connectivity index is 1.67. The van der Waals surface area contributed by atoms with Crippen LogP contribution in [-0.2, 0) is 21.0 Å². The number of hydrogen-bond acceptors (Lipinski definition) is 3. The molecule has 0 bridgehead atoms. The van der Waals surface area contributed by atoms with Crippen LogP contribution in [0.5, 0.6) is 0 Å². The first kappa shape index (κ1) is 20.3. The molecule has 1 atom stereocenters. The van der Waals surface area contributed by atoms with E-state index < -0.39 is 26.7 Å². The quantitative estimate of drug-likeness (QED) is 0.819. The van der Waals surface area contributed by atoms with Crippen LogP contribution in [0.1, 0.15) is 17.5 Å². The van der Waals surface area contributed by atoms with E-state index in [1.54, 1.807) is 4.90 Å². The number of aryl methyl sites for hydroxylation is 1. The molecule has 1 aliphatic rings. The van der Waals surface area contributed by atoms with E-state index in [-0.39, 0.29) is 24.8 Å². The molecule has 0 radical (unpaired) electrons. The second-order valence-electron chi connectivity index (χ2n) is 6.79.